The van der Waals surface area contributed by atoms with Gasteiger partial charge in [0.15, 0.2) is 0 Å². The number of hydrogen-bond donors (Lipinski definition) is 1. The Kier molecular flexibility index (Phi) is 5.88. The average molecular weight is 253 g/mol. The summed E-state index contributed by atoms with van der Waals surface area (Å²) >= 11 is 0. The van der Waals surface area contributed by atoms with Gasteiger partial charge in [0.2, 0.25) is 0 Å². The molecule has 0 saturated heterocycles. The molecule has 0 bridgehead atoms. The van der Waals surface area contributed by atoms with Crippen LogP contribution in [0.2, 0.25) is 12.1 Å². The van der Waals surface area contributed by atoms with E-state index in [1.165, 1.54) is 21.9 Å². The molecule has 1 aromatic rings. The van der Waals surface area contributed by atoms with Crippen LogP contribution in [0.15, 0.2) is 30.3 Å². The monoisotopic (exact) mass is 253 g/mol. The van der Waals surface area contributed by atoms with E-state index in [1.54, 1.807) is 4.57 Å². The number of carbonyl (C=O) groups is 1. The van der Waals surface area contributed by atoms with Crippen molar-refractivity contribution in [1.29, 1.82) is 0 Å². The van der Waals surface area contributed by atoms with E-state index >= 15 is 0 Å². The van der Waals surface area contributed by atoms with E-state index in [0.717, 1.165) is 12.5 Å². The van der Waals surface area contributed by atoms with Gasteiger partial charge in [-0.05, 0) is 18.0 Å². The second kappa shape index (κ2) is 7.24. The second-order valence-corrected chi connectivity index (χ2v) is 6.78. The van der Waals surface area contributed by atoms with Gasteiger partial charge in [-0.1, -0.05) is 36.4 Å². The van der Waals surface area contributed by atoms with Crippen molar-refractivity contribution in [1.82, 2.24) is 4.57 Å². The summed E-state index contributed by atoms with van der Waals surface area (Å²) in [7, 11) is 0.616. The van der Waals surface area contributed by atoms with E-state index in [1.807, 2.05) is 30.3 Å². The van der Waals surface area contributed by atoms with E-state index in [0.29, 0.717) is 6.54 Å². The summed E-state index contributed by atoms with van der Waals surface area (Å²) in [5, 5.41) is 9.05. The number of rotatable bonds is 6. The van der Waals surface area contributed by atoms with Crippen LogP contribution in [0.1, 0.15) is 5.56 Å². The Balaban J connectivity index is 2.41. The van der Waals surface area contributed by atoms with Crippen LogP contribution < -0.4 is 0 Å². The molecule has 0 aliphatic rings. The topological polar surface area (TPSA) is 40.5 Å². The predicted octanol–water partition coefficient (Wildman–Crippen LogP) is 0.495. The molecule has 0 spiro atoms. The van der Waals surface area contributed by atoms with Crippen molar-refractivity contribution < 1.29 is 9.90 Å². The Bertz CT molecular complexity index is 319. The van der Waals surface area contributed by atoms with E-state index in [9.17, 15) is 4.79 Å². The summed E-state index contributed by atoms with van der Waals surface area (Å²) in [4.78, 5) is 11.0. The first-order valence-electron chi connectivity index (χ1n) is 5.76. The highest BCUT2D eigenvalue weighted by Crippen LogP contribution is 2.02. The van der Waals surface area contributed by atoms with Crippen molar-refractivity contribution >= 4 is 26.0 Å². The molecule has 0 unspecified atom stereocenters. The van der Waals surface area contributed by atoms with Crippen molar-refractivity contribution in [2.75, 3.05) is 6.54 Å². The molecule has 0 saturated carbocycles. The molecule has 0 heterocycles. The van der Waals surface area contributed by atoms with E-state index in [4.69, 9.17) is 5.11 Å². The summed E-state index contributed by atoms with van der Waals surface area (Å²) in [5.41, 5.74) is 1.22. The maximum absolute atomic E-state index is 11.0. The second-order valence-electron chi connectivity index (χ2n) is 3.86. The van der Waals surface area contributed by atoms with E-state index in [-0.39, 0.29) is 0 Å². The van der Waals surface area contributed by atoms with Crippen molar-refractivity contribution in [2.45, 2.75) is 18.5 Å². The average Bonchev–Trinajstić information content (AvgIpc) is 2.30. The van der Waals surface area contributed by atoms with Crippen LogP contribution in [0.4, 0.5) is 4.79 Å². The Morgan fingerprint density at radius 3 is 2.62 bits per heavy atom. The fourth-order valence-electron chi connectivity index (χ4n) is 1.56. The van der Waals surface area contributed by atoms with Gasteiger partial charge in [-0.25, -0.2) is 4.79 Å². The maximum Gasteiger partial charge on any atom is 0.398 e. The first-order chi connectivity index (χ1) is 7.74. The van der Waals surface area contributed by atoms with Gasteiger partial charge in [-0.15, -0.1) is 0 Å². The molecule has 3 nitrogen and oxygen atoms in total. The third-order valence-electron chi connectivity index (χ3n) is 2.57. The number of carboxylic acid groups (broad SMARTS) is 1. The number of benzene rings is 1. The smallest absolute Gasteiger partial charge is 0.398 e. The van der Waals surface area contributed by atoms with E-state index < -0.39 is 15.8 Å². The summed E-state index contributed by atoms with van der Waals surface area (Å²) in [6.07, 6.45) is 0.0964. The molecule has 1 N–H and O–H groups in total. The standard InChI is InChI=1S/C11H19NO2Si2/c13-11(14)12(16-9-8-15)7-6-10-4-2-1-3-5-10/h1-5H,6-9,16H2,15H3,(H,13,14). The van der Waals surface area contributed by atoms with Crippen LogP contribution in [-0.2, 0) is 6.42 Å². The summed E-state index contributed by atoms with van der Waals surface area (Å²) in [6, 6.07) is 12.4. The summed E-state index contributed by atoms with van der Waals surface area (Å²) < 4.78 is 1.66. The third kappa shape index (κ3) is 4.63. The van der Waals surface area contributed by atoms with Crippen LogP contribution >= 0.6 is 0 Å². The quantitative estimate of drug-likeness (QED) is 0.750. The Morgan fingerprint density at radius 2 is 2.06 bits per heavy atom. The summed E-state index contributed by atoms with van der Waals surface area (Å²) in [5.74, 6) is 0. The highest BCUT2D eigenvalue weighted by Gasteiger charge is 2.10. The highest BCUT2D eigenvalue weighted by atomic mass is 28.2. The SMILES string of the molecule is O=C(O)N(CCc1ccccc1)[SiH2]CC[SiH3]. The Morgan fingerprint density at radius 1 is 1.38 bits per heavy atom. The number of hydrogen-bond acceptors (Lipinski definition) is 1. The molecule has 5 heteroatoms. The first-order valence-corrected chi connectivity index (χ1v) is 8.80. The molecular formula is C11H19NO2Si2. The van der Waals surface area contributed by atoms with Crippen LogP contribution in [0, 0.1) is 0 Å². The Labute approximate surface area is 102 Å². The normalized spacial score (nSPS) is 11.0. The molecule has 1 aromatic carbocycles. The fraction of sp³-hybridized carbons (Fsp3) is 0.364. The van der Waals surface area contributed by atoms with Crippen LogP contribution in [0.3, 0.4) is 0 Å². The highest BCUT2D eigenvalue weighted by molar-refractivity contribution is 6.37. The maximum atomic E-state index is 11.0. The minimum Gasteiger partial charge on any atom is -0.465 e. The molecule has 16 heavy (non-hydrogen) atoms. The number of nitrogens with zero attached hydrogens (tertiary/aromatic N) is 1. The first kappa shape index (κ1) is 13.0. The van der Waals surface area contributed by atoms with Gasteiger partial charge in [-0.2, -0.15) is 0 Å². The van der Waals surface area contributed by atoms with Crippen LogP contribution in [0.25, 0.3) is 0 Å². The molecule has 0 aliphatic heterocycles. The lowest BCUT2D eigenvalue weighted by Gasteiger charge is -2.18. The van der Waals surface area contributed by atoms with Crippen LogP contribution in [-0.4, -0.2) is 42.2 Å². The van der Waals surface area contributed by atoms with Gasteiger partial charge in [0.25, 0.3) is 0 Å². The zero-order valence-corrected chi connectivity index (χ0v) is 13.1. The molecule has 0 atom stereocenters. The third-order valence-corrected chi connectivity index (χ3v) is 6.84. The van der Waals surface area contributed by atoms with Gasteiger partial charge >= 0.3 is 6.09 Å². The molecule has 1 rings (SSSR count). The Hall–Kier alpha value is -1.08. The van der Waals surface area contributed by atoms with Gasteiger partial charge in [-0.3, -0.25) is 0 Å². The fourth-order valence-corrected chi connectivity index (χ4v) is 3.78. The molecule has 0 aromatic heterocycles. The zero-order chi connectivity index (χ0) is 11.8. The van der Waals surface area contributed by atoms with Crippen molar-refractivity contribution in [3.05, 3.63) is 35.9 Å². The van der Waals surface area contributed by atoms with Gasteiger partial charge in [0, 0.05) is 16.8 Å². The minimum atomic E-state index is -0.738. The molecule has 88 valence electrons. The minimum absolute atomic E-state index is 0.570. The van der Waals surface area contributed by atoms with Gasteiger partial charge in [0.1, 0.15) is 9.68 Å². The van der Waals surface area contributed by atoms with Gasteiger partial charge in [0.05, 0.1) is 0 Å². The van der Waals surface area contributed by atoms with Crippen molar-refractivity contribution in [2.24, 2.45) is 0 Å². The lowest BCUT2D eigenvalue weighted by atomic mass is 10.1. The molecule has 0 radical (unpaired) electrons. The summed E-state index contributed by atoms with van der Waals surface area (Å²) in [6.45, 7) is 0.660. The van der Waals surface area contributed by atoms with Crippen LogP contribution in [0.5, 0.6) is 0 Å². The number of amides is 1. The largest absolute Gasteiger partial charge is 0.465 e. The molecule has 1 amide bonds. The lowest BCUT2D eigenvalue weighted by molar-refractivity contribution is 0.172. The molecule has 0 aliphatic carbocycles. The van der Waals surface area contributed by atoms with Gasteiger partial charge < -0.3 is 9.67 Å². The molecule has 0 fully saturated rings. The lowest BCUT2D eigenvalue weighted by Crippen LogP contribution is -2.34. The van der Waals surface area contributed by atoms with E-state index in [2.05, 4.69) is 0 Å². The zero-order valence-electron chi connectivity index (χ0n) is 9.72. The predicted molar refractivity (Wildman–Crippen MR) is 73.0 cm³/mol. The van der Waals surface area contributed by atoms with Crippen molar-refractivity contribution in [3.63, 3.8) is 0 Å². The van der Waals surface area contributed by atoms with Crippen molar-refractivity contribution in [3.8, 4) is 0 Å². The molecular weight excluding hydrogens is 234 g/mol.